The van der Waals surface area contributed by atoms with Crippen molar-refractivity contribution < 1.29 is 5.11 Å². The number of rotatable bonds is 4. The molecule has 80 valence electrons. The summed E-state index contributed by atoms with van der Waals surface area (Å²) in [4.78, 5) is 7.41. The van der Waals surface area contributed by atoms with Crippen LogP contribution in [0.5, 0.6) is 0 Å². The van der Waals surface area contributed by atoms with Gasteiger partial charge < -0.3 is 10.0 Å². The second-order valence-corrected chi connectivity index (χ2v) is 4.75. The van der Waals surface area contributed by atoms with Gasteiger partial charge >= 0.3 is 0 Å². The molecule has 0 atom stereocenters. The van der Waals surface area contributed by atoms with Gasteiger partial charge in [0, 0.05) is 19.3 Å². The highest BCUT2D eigenvalue weighted by Gasteiger charge is 2.20. The van der Waals surface area contributed by atoms with Crippen LogP contribution in [0, 0.1) is 0 Å². The second-order valence-electron chi connectivity index (χ2n) is 3.74. The van der Waals surface area contributed by atoms with Gasteiger partial charge in [0.2, 0.25) is 0 Å². The third kappa shape index (κ3) is 2.45. The van der Waals surface area contributed by atoms with Gasteiger partial charge in [-0.3, -0.25) is 0 Å². The summed E-state index contributed by atoms with van der Waals surface area (Å²) in [5.74, 6) is 0. The van der Waals surface area contributed by atoms with E-state index in [0.717, 1.165) is 23.1 Å². The predicted molar refractivity (Wildman–Crippen MR) is 60.9 cm³/mol. The molecule has 1 aromatic heterocycles. The van der Waals surface area contributed by atoms with E-state index in [1.807, 2.05) is 0 Å². The summed E-state index contributed by atoms with van der Waals surface area (Å²) in [6.07, 6.45) is 1.76. The molecular formula is C10H18N2OS. The summed E-state index contributed by atoms with van der Waals surface area (Å²) in [6.45, 7) is 9.69. The van der Waals surface area contributed by atoms with Crippen LogP contribution in [-0.2, 0) is 5.60 Å². The lowest BCUT2D eigenvalue weighted by Gasteiger charge is -2.17. The molecule has 4 heteroatoms. The Morgan fingerprint density at radius 2 is 2.00 bits per heavy atom. The van der Waals surface area contributed by atoms with Gasteiger partial charge in [0.1, 0.15) is 0 Å². The van der Waals surface area contributed by atoms with Gasteiger partial charge in [-0.15, -0.1) is 0 Å². The first-order valence-electron chi connectivity index (χ1n) is 4.92. The van der Waals surface area contributed by atoms with Crippen molar-refractivity contribution in [2.24, 2.45) is 0 Å². The lowest BCUT2D eigenvalue weighted by Crippen LogP contribution is -2.21. The van der Waals surface area contributed by atoms with E-state index >= 15 is 0 Å². The van der Waals surface area contributed by atoms with Crippen molar-refractivity contribution in [2.45, 2.75) is 33.3 Å². The normalized spacial score (nSPS) is 11.8. The molecule has 14 heavy (non-hydrogen) atoms. The molecule has 0 radical (unpaired) electrons. The van der Waals surface area contributed by atoms with Crippen LogP contribution < -0.4 is 4.90 Å². The van der Waals surface area contributed by atoms with Crippen LogP contribution >= 0.6 is 11.3 Å². The van der Waals surface area contributed by atoms with Gasteiger partial charge in [-0.1, -0.05) is 11.3 Å². The zero-order valence-electron chi connectivity index (χ0n) is 9.24. The summed E-state index contributed by atoms with van der Waals surface area (Å²) in [7, 11) is 0. The fourth-order valence-corrected chi connectivity index (χ4v) is 2.23. The molecule has 3 nitrogen and oxygen atoms in total. The van der Waals surface area contributed by atoms with Crippen LogP contribution in [0.3, 0.4) is 0 Å². The number of aromatic nitrogens is 1. The first-order valence-corrected chi connectivity index (χ1v) is 5.74. The third-order valence-corrected chi connectivity index (χ3v) is 3.50. The maximum Gasteiger partial charge on any atom is 0.185 e. The Kier molecular flexibility index (Phi) is 3.50. The van der Waals surface area contributed by atoms with E-state index in [1.165, 1.54) is 0 Å². The SMILES string of the molecule is CCN(CC)c1ncc(C(C)(C)O)s1. The molecule has 0 unspecified atom stereocenters. The van der Waals surface area contributed by atoms with Crippen LogP contribution in [0.4, 0.5) is 5.13 Å². The monoisotopic (exact) mass is 214 g/mol. The fraction of sp³-hybridized carbons (Fsp3) is 0.700. The zero-order valence-corrected chi connectivity index (χ0v) is 10.1. The number of thiazole rings is 1. The van der Waals surface area contributed by atoms with Crippen molar-refractivity contribution >= 4 is 16.5 Å². The molecule has 0 aliphatic carbocycles. The summed E-state index contributed by atoms with van der Waals surface area (Å²) in [5.41, 5.74) is -0.775. The summed E-state index contributed by atoms with van der Waals surface area (Å²) in [5, 5.41) is 10.8. The highest BCUT2D eigenvalue weighted by Crippen LogP contribution is 2.30. The van der Waals surface area contributed by atoms with Gasteiger partial charge in [0.25, 0.3) is 0 Å². The van der Waals surface area contributed by atoms with Crippen LogP contribution in [0.15, 0.2) is 6.20 Å². The van der Waals surface area contributed by atoms with Crippen LogP contribution in [0.25, 0.3) is 0 Å². The quantitative estimate of drug-likeness (QED) is 0.835. The van der Waals surface area contributed by atoms with Gasteiger partial charge in [0.15, 0.2) is 5.13 Å². The Morgan fingerprint density at radius 1 is 1.43 bits per heavy atom. The van der Waals surface area contributed by atoms with Crippen molar-refractivity contribution in [3.63, 3.8) is 0 Å². The average Bonchev–Trinajstić information content (AvgIpc) is 2.54. The standard InChI is InChI=1S/C10H18N2OS/c1-5-12(6-2)9-11-7-8(14-9)10(3,4)13/h7,13H,5-6H2,1-4H3. The average molecular weight is 214 g/mol. The third-order valence-electron chi connectivity index (χ3n) is 2.13. The Hall–Kier alpha value is -0.610. The van der Waals surface area contributed by atoms with E-state index in [0.29, 0.717) is 0 Å². The van der Waals surface area contributed by atoms with Crippen molar-refractivity contribution in [3.8, 4) is 0 Å². The van der Waals surface area contributed by atoms with Gasteiger partial charge in [-0.25, -0.2) is 4.98 Å². The highest BCUT2D eigenvalue weighted by molar-refractivity contribution is 7.15. The van der Waals surface area contributed by atoms with Crippen LogP contribution in [0.1, 0.15) is 32.6 Å². The molecule has 0 saturated heterocycles. The molecule has 0 aromatic carbocycles. The number of nitrogens with zero attached hydrogens (tertiary/aromatic N) is 2. The van der Waals surface area contributed by atoms with E-state index in [9.17, 15) is 5.11 Å². The van der Waals surface area contributed by atoms with Crippen molar-refractivity contribution in [1.82, 2.24) is 4.98 Å². The smallest absolute Gasteiger partial charge is 0.185 e. The molecule has 0 spiro atoms. The minimum atomic E-state index is -0.775. The first kappa shape index (κ1) is 11.5. The zero-order chi connectivity index (χ0) is 10.8. The lowest BCUT2D eigenvalue weighted by atomic mass is 10.1. The number of anilines is 1. The second kappa shape index (κ2) is 4.28. The van der Waals surface area contributed by atoms with Gasteiger partial charge in [0.05, 0.1) is 10.5 Å². The molecule has 1 heterocycles. The van der Waals surface area contributed by atoms with E-state index in [-0.39, 0.29) is 0 Å². The molecule has 0 saturated carbocycles. The van der Waals surface area contributed by atoms with E-state index < -0.39 is 5.60 Å². The molecule has 1 aromatic rings. The summed E-state index contributed by atoms with van der Waals surface area (Å²) < 4.78 is 0. The maximum atomic E-state index is 9.78. The van der Waals surface area contributed by atoms with E-state index in [4.69, 9.17) is 0 Å². The van der Waals surface area contributed by atoms with Gasteiger partial charge in [-0.2, -0.15) is 0 Å². The highest BCUT2D eigenvalue weighted by atomic mass is 32.1. The first-order chi connectivity index (χ1) is 6.49. The largest absolute Gasteiger partial charge is 0.385 e. The molecule has 0 fully saturated rings. The number of hydrogen-bond donors (Lipinski definition) is 1. The molecule has 0 aliphatic rings. The molecule has 0 aliphatic heterocycles. The molecule has 1 N–H and O–H groups in total. The molecule has 0 bridgehead atoms. The van der Waals surface area contributed by atoms with E-state index in [1.54, 1.807) is 31.4 Å². The number of hydrogen-bond acceptors (Lipinski definition) is 4. The lowest BCUT2D eigenvalue weighted by molar-refractivity contribution is 0.0823. The minimum absolute atomic E-state index is 0.775. The Bertz CT molecular complexity index is 287. The van der Waals surface area contributed by atoms with Crippen LogP contribution in [0.2, 0.25) is 0 Å². The number of aliphatic hydroxyl groups is 1. The summed E-state index contributed by atoms with van der Waals surface area (Å²) >= 11 is 1.56. The Morgan fingerprint density at radius 3 is 2.36 bits per heavy atom. The molecular weight excluding hydrogens is 196 g/mol. The summed E-state index contributed by atoms with van der Waals surface area (Å²) in [6, 6.07) is 0. The van der Waals surface area contributed by atoms with Crippen molar-refractivity contribution in [1.29, 1.82) is 0 Å². The van der Waals surface area contributed by atoms with E-state index in [2.05, 4.69) is 23.7 Å². The maximum absolute atomic E-state index is 9.78. The minimum Gasteiger partial charge on any atom is -0.385 e. The predicted octanol–water partition coefficient (Wildman–Crippen LogP) is 2.22. The fourth-order valence-electron chi connectivity index (χ4n) is 1.19. The van der Waals surface area contributed by atoms with Gasteiger partial charge in [-0.05, 0) is 27.7 Å². The Labute approximate surface area is 89.4 Å². The van der Waals surface area contributed by atoms with Crippen molar-refractivity contribution in [2.75, 3.05) is 18.0 Å². The molecule has 1 rings (SSSR count). The Balaban J connectivity index is 2.87. The van der Waals surface area contributed by atoms with Crippen molar-refractivity contribution in [3.05, 3.63) is 11.1 Å². The molecule has 0 amide bonds. The van der Waals surface area contributed by atoms with Crippen LogP contribution in [-0.4, -0.2) is 23.2 Å². The topological polar surface area (TPSA) is 36.4 Å².